The second-order valence-electron chi connectivity index (χ2n) is 3.91. The van der Waals surface area contributed by atoms with Crippen LogP contribution in [0.15, 0.2) is 25.3 Å². The first-order chi connectivity index (χ1) is 6.23. The summed E-state index contributed by atoms with van der Waals surface area (Å²) in [7, 11) is 0. The zero-order valence-electron chi connectivity index (χ0n) is 8.03. The van der Waals surface area contributed by atoms with Gasteiger partial charge in [-0.2, -0.15) is 0 Å². The van der Waals surface area contributed by atoms with Gasteiger partial charge in [0.15, 0.2) is 0 Å². The second-order valence-corrected chi connectivity index (χ2v) is 3.91. The van der Waals surface area contributed by atoms with Gasteiger partial charge in [-0.25, -0.2) is 0 Å². The molecule has 2 fully saturated rings. The van der Waals surface area contributed by atoms with E-state index in [-0.39, 0.29) is 17.8 Å². The summed E-state index contributed by atoms with van der Waals surface area (Å²) in [4.78, 5) is 0. The molecule has 2 saturated heterocycles. The first-order valence-corrected chi connectivity index (χ1v) is 4.77. The van der Waals surface area contributed by atoms with Crippen molar-refractivity contribution in [3.05, 3.63) is 25.3 Å². The predicted octanol–water partition coefficient (Wildman–Crippen LogP) is 1.92. The fourth-order valence-electron chi connectivity index (χ4n) is 2.36. The van der Waals surface area contributed by atoms with Crippen LogP contribution < -0.4 is 0 Å². The molecule has 13 heavy (non-hydrogen) atoms. The lowest BCUT2D eigenvalue weighted by Gasteiger charge is -2.36. The van der Waals surface area contributed by atoms with Gasteiger partial charge < -0.3 is 9.47 Å². The smallest absolute Gasteiger partial charge is 0.106 e. The van der Waals surface area contributed by atoms with E-state index >= 15 is 0 Å². The molecule has 0 aliphatic carbocycles. The normalized spacial score (nSPS) is 44.7. The minimum atomic E-state index is -0.172. The molecule has 4 unspecified atom stereocenters. The first-order valence-electron chi connectivity index (χ1n) is 4.77. The molecule has 2 heteroatoms. The number of fused-ring (bicyclic) bond motifs is 2. The molecule has 2 rings (SSSR count). The largest absolute Gasteiger partial charge is 0.369 e. The fraction of sp³-hybridized carbons (Fsp3) is 0.636. The molecule has 4 atom stereocenters. The highest BCUT2D eigenvalue weighted by Gasteiger charge is 2.55. The van der Waals surface area contributed by atoms with Crippen LogP contribution >= 0.6 is 0 Å². The van der Waals surface area contributed by atoms with Crippen LogP contribution in [-0.2, 0) is 9.47 Å². The Hall–Kier alpha value is -0.600. The Morgan fingerprint density at radius 2 is 2.31 bits per heavy atom. The van der Waals surface area contributed by atoms with Crippen molar-refractivity contribution in [2.45, 2.75) is 31.2 Å². The van der Waals surface area contributed by atoms with E-state index in [1.54, 1.807) is 0 Å². The highest BCUT2D eigenvalue weighted by molar-refractivity contribution is 5.13. The average Bonchev–Trinajstić information content (AvgIpc) is 2.73. The molecular weight excluding hydrogens is 164 g/mol. The molecule has 2 bridgehead atoms. The SMILES string of the molecule is C=CC(C)C12CC(CO1)OC2C=C. The summed E-state index contributed by atoms with van der Waals surface area (Å²) in [6.07, 6.45) is 5.08. The lowest BCUT2D eigenvalue weighted by molar-refractivity contribution is -0.141. The van der Waals surface area contributed by atoms with Crippen LogP contribution in [0.5, 0.6) is 0 Å². The lowest BCUT2D eigenvalue weighted by atomic mass is 9.83. The number of rotatable bonds is 3. The van der Waals surface area contributed by atoms with Gasteiger partial charge in [-0.05, 0) is 0 Å². The van der Waals surface area contributed by atoms with Gasteiger partial charge in [-0.1, -0.05) is 19.1 Å². The van der Waals surface area contributed by atoms with Crippen LogP contribution in [-0.4, -0.2) is 24.4 Å². The van der Waals surface area contributed by atoms with Crippen molar-refractivity contribution in [1.29, 1.82) is 0 Å². The lowest BCUT2D eigenvalue weighted by Crippen LogP contribution is -2.45. The monoisotopic (exact) mass is 180 g/mol. The summed E-state index contributed by atoms with van der Waals surface area (Å²) in [5.74, 6) is 0.322. The molecular formula is C11H16O2. The van der Waals surface area contributed by atoms with Crippen LogP contribution in [0, 0.1) is 5.92 Å². The van der Waals surface area contributed by atoms with Gasteiger partial charge in [0, 0.05) is 12.3 Å². The minimum absolute atomic E-state index is 0.0410. The minimum Gasteiger partial charge on any atom is -0.369 e. The van der Waals surface area contributed by atoms with Crippen molar-refractivity contribution >= 4 is 0 Å². The van der Waals surface area contributed by atoms with Crippen molar-refractivity contribution in [2.75, 3.05) is 6.61 Å². The number of hydrogen-bond acceptors (Lipinski definition) is 2. The second kappa shape index (κ2) is 2.96. The third-order valence-corrected chi connectivity index (χ3v) is 3.24. The highest BCUT2D eigenvalue weighted by atomic mass is 16.6. The van der Waals surface area contributed by atoms with Crippen LogP contribution in [0.3, 0.4) is 0 Å². The molecule has 0 aromatic heterocycles. The van der Waals surface area contributed by atoms with E-state index in [4.69, 9.17) is 9.47 Å². The maximum atomic E-state index is 5.83. The van der Waals surface area contributed by atoms with Crippen molar-refractivity contribution in [2.24, 2.45) is 5.92 Å². The van der Waals surface area contributed by atoms with Crippen molar-refractivity contribution in [3.63, 3.8) is 0 Å². The van der Waals surface area contributed by atoms with Crippen LogP contribution in [0.4, 0.5) is 0 Å². The molecule has 2 aliphatic heterocycles. The van der Waals surface area contributed by atoms with Crippen molar-refractivity contribution in [3.8, 4) is 0 Å². The molecule has 2 nitrogen and oxygen atoms in total. The number of ether oxygens (including phenoxy) is 2. The van der Waals surface area contributed by atoms with Gasteiger partial charge >= 0.3 is 0 Å². The Morgan fingerprint density at radius 3 is 2.85 bits per heavy atom. The van der Waals surface area contributed by atoms with E-state index in [9.17, 15) is 0 Å². The fourth-order valence-corrected chi connectivity index (χ4v) is 2.36. The average molecular weight is 180 g/mol. The molecule has 2 heterocycles. The van der Waals surface area contributed by atoms with Crippen LogP contribution in [0.2, 0.25) is 0 Å². The zero-order valence-corrected chi connectivity index (χ0v) is 8.03. The maximum absolute atomic E-state index is 5.83. The molecule has 0 spiro atoms. The third-order valence-electron chi connectivity index (χ3n) is 3.24. The van der Waals surface area contributed by atoms with Gasteiger partial charge in [0.2, 0.25) is 0 Å². The Labute approximate surface area is 79.2 Å². The molecule has 0 saturated carbocycles. The predicted molar refractivity (Wildman–Crippen MR) is 51.5 cm³/mol. The molecule has 0 N–H and O–H groups in total. The molecule has 2 aliphatic rings. The van der Waals surface area contributed by atoms with Gasteiger partial charge in [0.1, 0.15) is 11.7 Å². The van der Waals surface area contributed by atoms with E-state index in [0.29, 0.717) is 5.92 Å². The quantitative estimate of drug-likeness (QED) is 0.618. The van der Waals surface area contributed by atoms with Gasteiger partial charge in [0.25, 0.3) is 0 Å². The summed E-state index contributed by atoms with van der Waals surface area (Å²) in [5.41, 5.74) is -0.172. The molecule has 72 valence electrons. The third kappa shape index (κ3) is 1.09. The van der Waals surface area contributed by atoms with Crippen molar-refractivity contribution in [1.82, 2.24) is 0 Å². The Morgan fingerprint density at radius 1 is 1.54 bits per heavy atom. The van der Waals surface area contributed by atoms with E-state index in [0.717, 1.165) is 13.0 Å². The molecule has 0 aromatic carbocycles. The summed E-state index contributed by atoms with van der Waals surface area (Å²) < 4.78 is 11.6. The molecule has 0 radical (unpaired) electrons. The van der Waals surface area contributed by atoms with Gasteiger partial charge in [-0.3, -0.25) is 0 Å². The molecule has 0 aromatic rings. The Balaban J connectivity index is 2.27. The Bertz CT molecular complexity index is 236. The summed E-state index contributed by atoms with van der Waals surface area (Å²) in [6.45, 7) is 10.4. The summed E-state index contributed by atoms with van der Waals surface area (Å²) in [6, 6.07) is 0. The van der Waals surface area contributed by atoms with E-state index in [1.165, 1.54) is 0 Å². The maximum Gasteiger partial charge on any atom is 0.106 e. The Kier molecular flexibility index (Phi) is 2.05. The van der Waals surface area contributed by atoms with Crippen LogP contribution in [0.1, 0.15) is 13.3 Å². The standard InChI is InChI=1S/C11H16O2/c1-4-8(3)11-6-9(7-12-11)13-10(11)5-2/h4-5,8-10H,1-2,6-7H2,3H3. The highest BCUT2D eigenvalue weighted by Crippen LogP contribution is 2.46. The molecule has 0 amide bonds. The van der Waals surface area contributed by atoms with Gasteiger partial charge in [0.05, 0.1) is 12.7 Å². The zero-order chi connectivity index (χ0) is 9.47. The van der Waals surface area contributed by atoms with Crippen LogP contribution in [0.25, 0.3) is 0 Å². The van der Waals surface area contributed by atoms with Gasteiger partial charge in [-0.15, -0.1) is 13.2 Å². The summed E-state index contributed by atoms with van der Waals surface area (Å²) in [5, 5.41) is 0. The van der Waals surface area contributed by atoms with E-state index in [1.807, 2.05) is 12.2 Å². The van der Waals surface area contributed by atoms with E-state index in [2.05, 4.69) is 20.1 Å². The first kappa shape index (κ1) is 8.97. The number of hydrogen-bond donors (Lipinski definition) is 0. The van der Waals surface area contributed by atoms with Crippen molar-refractivity contribution < 1.29 is 9.47 Å². The van der Waals surface area contributed by atoms with E-state index < -0.39 is 0 Å². The topological polar surface area (TPSA) is 18.5 Å². The summed E-state index contributed by atoms with van der Waals surface area (Å²) >= 11 is 0.